The van der Waals surface area contributed by atoms with Gasteiger partial charge in [-0.25, -0.2) is 4.98 Å². The third kappa shape index (κ3) is 85.4. The number of nitrogens with zero attached hydrogens (tertiary/aromatic N) is 1. The molecule has 0 amide bonds. The van der Waals surface area contributed by atoms with Crippen LogP contribution in [0.5, 0.6) is 0 Å². The molecule has 25 heteroatoms. The maximum absolute atomic E-state index is 8.55. The summed E-state index contributed by atoms with van der Waals surface area (Å²) in [6.07, 6.45) is 1.45. The second kappa shape index (κ2) is 22.0. The quantitative estimate of drug-likeness (QED) is 0.224. The molecule has 0 aliphatic heterocycles. The number of hydrogen-bond acceptors (Lipinski definition) is 18. The summed E-state index contributed by atoms with van der Waals surface area (Å²) in [6.45, 7) is 0. The number of oxazole rings is 1. The zero-order chi connectivity index (χ0) is 24.1. The Labute approximate surface area is 236 Å². The van der Waals surface area contributed by atoms with Crippen molar-refractivity contribution in [1.29, 1.82) is 0 Å². The normalized spacial score (nSPS) is 10.2. The molecule has 0 fully saturated rings. The molecule has 0 unspecified atom stereocenters. The second-order valence-electron chi connectivity index (χ2n) is 3.61. The zero-order valence-electron chi connectivity index (χ0n) is 14.6. The molecular formula is C7H5NO17P4Zr3. The standard InChI is InChI=1S/C7H5NO.4H3O4P.3Zr/c1-2-4-7-6(3-1)8-5-9-7;4*1-5(2,3)4;;;/h1-5H;4*(H3,1,2,3,4);;;/q;;;;;3*+4/p-12. The van der Waals surface area contributed by atoms with Crippen molar-refractivity contribution in [3.63, 3.8) is 0 Å². The van der Waals surface area contributed by atoms with Gasteiger partial charge in [-0.15, -0.1) is 0 Å². The molecule has 0 aliphatic carbocycles. The molecule has 0 N–H and O–H groups in total. The van der Waals surface area contributed by atoms with Gasteiger partial charge in [-0.1, -0.05) is 12.1 Å². The van der Waals surface area contributed by atoms with E-state index in [0.717, 1.165) is 11.1 Å². The minimum absolute atomic E-state index is 0. The molecule has 1 aromatic carbocycles. The van der Waals surface area contributed by atoms with Gasteiger partial charge in [-0.2, -0.15) is 31.3 Å². The van der Waals surface area contributed by atoms with Crippen molar-refractivity contribution in [3.05, 3.63) is 30.7 Å². The van der Waals surface area contributed by atoms with Crippen LogP contribution in [-0.4, -0.2) is 4.98 Å². The summed E-state index contributed by atoms with van der Waals surface area (Å²) in [5.74, 6) is 0. The van der Waals surface area contributed by atoms with E-state index in [4.69, 9.17) is 81.4 Å². The van der Waals surface area contributed by atoms with Crippen LogP contribution in [0.25, 0.3) is 11.1 Å². The first kappa shape index (κ1) is 47.0. The van der Waals surface area contributed by atoms with Crippen molar-refractivity contribution in [2.75, 3.05) is 0 Å². The molecule has 1 aromatic heterocycles. The Balaban J connectivity index is -0.0000000668. The summed E-state index contributed by atoms with van der Waals surface area (Å²) in [6, 6.07) is 7.67. The molecule has 0 aliphatic rings. The number of benzene rings is 1. The predicted molar refractivity (Wildman–Crippen MR) is 64.4 cm³/mol. The molecule has 2 rings (SSSR count). The molecule has 0 saturated heterocycles. The fraction of sp³-hybridized carbons (Fsp3) is 0. The van der Waals surface area contributed by atoms with E-state index in [9.17, 15) is 0 Å². The molecule has 0 atom stereocenters. The SMILES string of the molecule is O=P([O-])([O-])[O-].O=P([O-])([O-])[O-].O=P([O-])([O-])[O-].O=P([O-])([O-])[O-].[Zr+4].[Zr+4].[Zr+4].c1ccc2ocnc2c1. The maximum atomic E-state index is 8.55. The molecule has 172 valence electrons. The molecule has 0 bridgehead atoms. The Morgan fingerprint density at radius 3 is 1.06 bits per heavy atom. The summed E-state index contributed by atoms with van der Waals surface area (Å²) < 4.78 is 39.2. The summed E-state index contributed by atoms with van der Waals surface area (Å²) in [4.78, 5) is 107. The number of fused-ring (bicyclic) bond motifs is 1. The maximum Gasteiger partial charge on any atom is 4.00 e. The van der Waals surface area contributed by atoms with Crippen molar-refractivity contribution in [2.24, 2.45) is 0 Å². The number of phosphoric acid groups is 4. The van der Waals surface area contributed by atoms with Crippen LogP contribution in [-0.2, 0) is 96.9 Å². The Bertz CT molecular complexity index is 742. The van der Waals surface area contributed by atoms with Gasteiger partial charge >= 0.3 is 78.6 Å². The van der Waals surface area contributed by atoms with Gasteiger partial charge in [-0.05, 0) is 12.1 Å². The van der Waals surface area contributed by atoms with Crippen molar-refractivity contribution in [1.82, 2.24) is 4.98 Å². The van der Waals surface area contributed by atoms with Crippen molar-refractivity contribution in [2.45, 2.75) is 0 Å². The zero-order valence-corrected chi connectivity index (χ0v) is 25.5. The first-order valence-electron chi connectivity index (χ1n) is 5.67. The van der Waals surface area contributed by atoms with E-state index >= 15 is 0 Å². The van der Waals surface area contributed by atoms with Crippen LogP contribution in [0, 0.1) is 0 Å². The van der Waals surface area contributed by atoms with Crippen LogP contribution in [0.1, 0.15) is 0 Å². The van der Waals surface area contributed by atoms with Gasteiger partial charge in [-0.3, -0.25) is 0 Å². The average molecular weight is 773 g/mol. The fourth-order valence-corrected chi connectivity index (χ4v) is 0.803. The van der Waals surface area contributed by atoms with E-state index in [0.29, 0.717) is 0 Å². The van der Waals surface area contributed by atoms with Crippen LogP contribution in [0.3, 0.4) is 0 Å². The summed E-state index contributed by atoms with van der Waals surface area (Å²) >= 11 is 0. The van der Waals surface area contributed by atoms with Gasteiger partial charge in [0.05, 0.1) is 0 Å². The van der Waals surface area contributed by atoms with Gasteiger partial charge in [0.15, 0.2) is 12.0 Å². The van der Waals surface area contributed by atoms with Crippen LogP contribution >= 0.6 is 31.3 Å². The Morgan fingerprint density at radius 1 is 0.562 bits per heavy atom. The number of aromatic nitrogens is 1. The minimum atomic E-state index is -5.39. The molecule has 0 spiro atoms. The summed E-state index contributed by atoms with van der Waals surface area (Å²) in [5, 5.41) is 0. The van der Waals surface area contributed by atoms with Crippen molar-refractivity contribution in [3.8, 4) is 0 Å². The smallest absolute Gasteiger partial charge is 0.822 e. The molecule has 1 heterocycles. The Kier molecular flexibility index (Phi) is 32.4. The van der Waals surface area contributed by atoms with E-state index in [-0.39, 0.29) is 78.6 Å². The van der Waals surface area contributed by atoms with Gasteiger partial charge in [0.2, 0.25) is 0 Å². The van der Waals surface area contributed by atoms with Crippen LogP contribution in [0.15, 0.2) is 35.1 Å². The molecule has 0 saturated carbocycles. The van der Waals surface area contributed by atoms with Crippen molar-refractivity contribution < 1.29 is 160 Å². The third-order valence-corrected chi connectivity index (χ3v) is 1.24. The van der Waals surface area contributed by atoms with Crippen molar-refractivity contribution >= 4 is 42.4 Å². The molecule has 0 radical (unpaired) electrons. The number of rotatable bonds is 0. The first-order valence-corrected chi connectivity index (χ1v) is 11.5. The molecular weight excluding hydrogens is 768 g/mol. The van der Waals surface area contributed by atoms with E-state index in [1.165, 1.54) is 6.39 Å². The largest absolute Gasteiger partial charge is 4.00 e. The van der Waals surface area contributed by atoms with E-state index in [1.54, 1.807) is 0 Å². The van der Waals surface area contributed by atoms with E-state index in [2.05, 4.69) is 4.98 Å². The third-order valence-electron chi connectivity index (χ3n) is 1.24. The summed E-state index contributed by atoms with van der Waals surface area (Å²) in [5.41, 5.74) is 1.76. The number of para-hydroxylation sites is 2. The second-order valence-corrected chi connectivity index (χ2v) is 7.19. The minimum Gasteiger partial charge on any atom is -0.822 e. The van der Waals surface area contributed by atoms with Gasteiger partial charge in [0, 0.05) is 0 Å². The van der Waals surface area contributed by atoms with E-state index in [1.807, 2.05) is 24.3 Å². The monoisotopic (exact) mass is 769 g/mol. The topological polar surface area (TPSA) is 371 Å². The van der Waals surface area contributed by atoms with E-state index < -0.39 is 31.3 Å². The fourth-order valence-electron chi connectivity index (χ4n) is 0.803. The van der Waals surface area contributed by atoms with Gasteiger partial charge in [0.1, 0.15) is 5.52 Å². The van der Waals surface area contributed by atoms with Crippen LogP contribution in [0.2, 0.25) is 0 Å². The molecule has 32 heavy (non-hydrogen) atoms. The number of hydrogen-bond donors (Lipinski definition) is 0. The predicted octanol–water partition coefficient (Wildman–Crippen LogP) is -9.48. The Hall–Kier alpha value is 1.78. The summed E-state index contributed by atoms with van der Waals surface area (Å²) in [7, 11) is -21.6. The van der Waals surface area contributed by atoms with Gasteiger partial charge < -0.3 is 81.4 Å². The van der Waals surface area contributed by atoms with Crippen LogP contribution in [0.4, 0.5) is 0 Å². The molecule has 2 aromatic rings. The van der Waals surface area contributed by atoms with Crippen LogP contribution < -0.4 is 58.7 Å². The average Bonchev–Trinajstić information content (AvgIpc) is 2.77. The van der Waals surface area contributed by atoms with Gasteiger partial charge in [0.25, 0.3) is 0 Å². The molecule has 18 nitrogen and oxygen atoms in total. The first-order chi connectivity index (χ1) is 12.5. The Morgan fingerprint density at radius 2 is 0.812 bits per heavy atom.